The third kappa shape index (κ3) is 6.59. The van der Waals surface area contributed by atoms with Crippen molar-refractivity contribution in [2.24, 2.45) is 11.8 Å². The maximum atomic E-state index is 5.97. The molecule has 0 aromatic heterocycles. The van der Waals surface area contributed by atoms with Crippen LogP contribution in [-0.2, 0) is 9.47 Å². The fourth-order valence-electron chi connectivity index (χ4n) is 5.06. The molecular weight excluding hydrogens is 344 g/mol. The van der Waals surface area contributed by atoms with Gasteiger partial charge in [0.05, 0.1) is 13.2 Å². The first-order chi connectivity index (χ1) is 13.8. The highest BCUT2D eigenvalue weighted by Crippen LogP contribution is 2.38. The fourth-order valence-corrected chi connectivity index (χ4v) is 5.06. The van der Waals surface area contributed by atoms with Gasteiger partial charge in [-0.05, 0) is 49.5 Å². The predicted octanol–water partition coefficient (Wildman–Crippen LogP) is 7.78. The van der Waals surface area contributed by atoms with Crippen molar-refractivity contribution in [3.63, 3.8) is 0 Å². The fraction of sp³-hybridized carbons (Fsp3) is 0.769. The highest BCUT2D eigenvalue weighted by molar-refractivity contribution is 5.26. The molecule has 1 aliphatic carbocycles. The third-order valence-electron chi connectivity index (χ3n) is 6.91. The summed E-state index contributed by atoms with van der Waals surface area (Å²) in [7, 11) is 0. The zero-order valence-electron chi connectivity index (χ0n) is 18.3. The van der Waals surface area contributed by atoms with Gasteiger partial charge in [0.25, 0.3) is 0 Å². The van der Waals surface area contributed by atoms with Crippen molar-refractivity contribution in [3.05, 3.63) is 35.4 Å². The van der Waals surface area contributed by atoms with Gasteiger partial charge in [-0.25, -0.2) is 0 Å². The van der Waals surface area contributed by atoms with E-state index in [9.17, 15) is 0 Å². The third-order valence-corrected chi connectivity index (χ3v) is 6.91. The minimum absolute atomic E-state index is 0.161. The van der Waals surface area contributed by atoms with Crippen LogP contribution in [0.3, 0.4) is 0 Å². The maximum Gasteiger partial charge on any atom is 0.183 e. The molecule has 1 saturated heterocycles. The van der Waals surface area contributed by atoms with Crippen LogP contribution < -0.4 is 0 Å². The van der Waals surface area contributed by atoms with Crippen molar-refractivity contribution < 1.29 is 9.47 Å². The average Bonchev–Trinajstić information content (AvgIpc) is 2.75. The van der Waals surface area contributed by atoms with Gasteiger partial charge in [-0.3, -0.25) is 0 Å². The summed E-state index contributed by atoms with van der Waals surface area (Å²) in [5.41, 5.74) is 2.70. The van der Waals surface area contributed by atoms with Crippen LogP contribution in [-0.4, -0.2) is 13.2 Å². The molecular formula is C26H42O2. The Morgan fingerprint density at radius 2 is 1.32 bits per heavy atom. The van der Waals surface area contributed by atoms with Gasteiger partial charge in [-0.2, -0.15) is 0 Å². The number of ether oxygens (including phenoxy) is 2. The van der Waals surface area contributed by atoms with E-state index in [-0.39, 0.29) is 6.29 Å². The Hall–Kier alpha value is -0.860. The average molecular weight is 387 g/mol. The summed E-state index contributed by atoms with van der Waals surface area (Å²) in [6, 6.07) is 9.13. The molecule has 0 spiro atoms. The summed E-state index contributed by atoms with van der Waals surface area (Å²) >= 11 is 0. The number of rotatable bonds is 10. The number of benzene rings is 1. The van der Waals surface area contributed by atoms with Crippen molar-refractivity contribution in [1.29, 1.82) is 0 Å². The lowest BCUT2D eigenvalue weighted by molar-refractivity contribution is -0.206. The van der Waals surface area contributed by atoms with Crippen LogP contribution in [0.4, 0.5) is 0 Å². The highest BCUT2D eigenvalue weighted by Gasteiger charge is 2.25. The van der Waals surface area contributed by atoms with Gasteiger partial charge in [0, 0.05) is 11.5 Å². The van der Waals surface area contributed by atoms with Crippen molar-refractivity contribution in [2.45, 2.75) is 103 Å². The first-order valence-corrected chi connectivity index (χ1v) is 12.1. The van der Waals surface area contributed by atoms with E-state index in [0.29, 0.717) is 5.92 Å². The van der Waals surface area contributed by atoms with E-state index in [0.717, 1.165) is 25.0 Å². The normalized spacial score (nSPS) is 28.4. The van der Waals surface area contributed by atoms with Gasteiger partial charge in [0.2, 0.25) is 0 Å². The largest absolute Gasteiger partial charge is 0.348 e. The van der Waals surface area contributed by atoms with E-state index in [1.807, 2.05) is 0 Å². The van der Waals surface area contributed by atoms with Crippen LogP contribution in [0.2, 0.25) is 0 Å². The minimum Gasteiger partial charge on any atom is -0.348 e. The van der Waals surface area contributed by atoms with E-state index in [1.54, 1.807) is 0 Å². The first kappa shape index (κ1) is 21.8. The van der Waals surface area contributed by atoms with E-state index in [4.69, 9.17) is 9.47 Å². The smallest absolute Gasteiger partial charge is 0.183 e. The Bertz CT molecular complexity index is 522. The van der Waals surface area contributed by atoms with Crippen molar-refractivity contribution in [1.82, 2.24) is 0 Å². The summed E-state index contributed by atoms with van der Waals surface area (Å²) in [5, 5.41) is 0. The number of unbranched alkanes of at least 4 members (excludes halogenated alkanes) is 4. The van der Waals surface area contributed by atoms with Gasteiger partial charge in [0.15, 0.2) is 6.29 Å². The quantitative estimate of drug-likeness (QED) is 0.382. The Labute approximate surface area is 173 Å². The summed E-state index contributed by atoms with van der Waals surface area (Å²) in [4.78, 5) is 0. The first-order valence-electron chi connectivity index (χ1n) is 12.1. The van der Waals surface area contributed by atoms with E-state index in [1.165, 1.54) is 88.2 Å². The molecule has 2 aliphatic rings. The van der Waals surface area contributed by atoms with Crippen LogP contribution in [0.5, 0.6) is 0 Å². The lowest BCUT2D eigenvalue weighted by Crippen LogP contribution is -2.27. The summed E-state index contributed by atoms with van der Waals surface area (Å²) in [6.07, 6.45) is 16.4. The highest BCUT2D eigenvalue weighted by atomic mass is 16.7. The van der Waals surface area contributed by atoms with E-state index in [2.05, 4.69) is 38.1 Å². The molecule has 28 heavy (non-hydrogen) atoms. The molecule has 3 rings (SSSR count). The molecule has 0 atom stereocenters. The van der Waals surface area contributed by atoms with Gasteiger partial charge < -0.3 is 9.47 Å². The minimum atomic E-state index is -0.161. The summed E-state index contributed by atoms with van der Waals surface area (Å²) in [5.74, 6) is 2.31. The van der Waals surface area contributed by atoms with Crippen LogP contribution in [0, 0.1) is 11.8 Å². The Morgan fingerprint density at radius 1 is 0.679 bits per heavy atom. The van der Waals surface area contributed by atoms with E-state index >= 15 is 0 Å². The zero-order chi connectivity index (χ0) is 19.6. The maximum absolute atomic E-state index is 5.97. The lowest BCUT2D eigenvalue weighted by Gasteiger charge is -2.30. The molecule has 158 valence electrons. The molecule has 0 amide bonds. The molecule has 0 bridgehead atoms. The predicted molar refractivity (Wildman–Crippen MR) is 118 cm³/mol. The molecule has 1 aromatic rings. The number of hydrogen-bond donors (Lipinski definition) is 0. The van der Waals surface area contributed by atoms with E-state index < -0.39 is 0 Å². The van der Waals surface area contributed by atoms with Gasteiger partial charge >= 0.3 is 0 Å². The topological polar surface area (TPSA) is 18.5 Å². The van der Waals surface area contributed by atoms with Gasteiger partial charge in [-0.15, -0.1) is 0 Å². The molecule has 1 aliphatic heterocycles. The molecule has 1 saturated carbocycles. The van der Waals surface area contributed by atoms with Crippen LogP contribution in [0.25, 0.3) is 0 Å². The molecule has 1 heterocycles. The Balaban J connectivity index is 1.39. The molecule has 1 aromatic carbocycles. The summed E-state index contributed by atoms with van der Waals surface area (Å²) < 4.78 is 11.9. The summed E-state index contributed by atoms with van der Waals surface area (Å²) in [6.45, 7) is 6.20. The molecule has 2 fully saturated rings. The monoisotopic (exact) mass is 386 g/mol. The Kier molecular flexibility index (Phi) is 9.34. The van der Waals surface area contributed by atoms with Crippen LogP contribution in [0.1, 0.15) is 114 Å². The zero-order valence-corrected chi connectivity index (χ0v) is 18.3. The molecule has 2 nitrogen and oxygen atoms in total. The Morgan fingerprint density at radius 3 is 1.96 bits per heavy atom. The van der Waals surface area contributed by atoms with Crippen molar-refractivity contribution in [2.75, 3.05) is 13.2 Å². The van der Waals surface area contributed by atoms with Crippen molar-refractivity contribution >= 4 is 0 Å². The van der Waals surface area contributed by atoms with Crippen molar-refractivity contribution in [3.8, 4) is 0 Å². The molecule has 0 N–H and O–H groups in total. The van der Waals surface area contributed by atoms with Gasteiger partial charge in [0.1, 0.15) is 0 Å². The SMILES string of the molecule is CCCCCCCC1CCC(c2ccc(C3OCC(CCC)CO3)cc2)CC1. The van der Waals surface area contributed by atoms with Crippen LogP contribution >= 0.6 is 0 Å². The second-order valence-electron chi connectivity index (χ2n) is 9.24. The molecule has 0 unspecified atom stereocenters. The second kappa shape index (κ2) is 12.0. The van der Waals surface area contributed by atoms with Crippen LogP contribution in [0.15, 0.2) is 24.3 Å². The number of hydrogen-bond acceptors (Lipinski definition) is 2. The molecule has 0 radical (unpaired) electrons. The molecule has 2 heteroatoms. The standard InChI is InChI=1S/C26H42O2/c1-3-5-6-7-8-10-21-11-13-23(14-12-21)24-15-17-25(18-16-24)26-27-19-22(9-4-2)20-28-26/h15-18,21-23,26H,3-14,19-20H2,1-2H3. The second-order valence-corrected chi connectivity index (χ2v) is 9.24. The van der Waals surface area contributed by atoms with Gasteiger partial charge in [-0.1, -0.05) is 83.1 Å². The lowest BCUT2D eigenvalue weighted by atomic mass is 9.77.